The third-order valence-corrected chi connectivity index (χ3v) is 5.23. The fourth-order valence-corrected chi connectivity index (χ4v) is 3.66. The molecular formula is C18H21FN8OS. The van der Waals surface area contributed by atoms with Crippen molar-refractivity contribution in [3.05, 3.63) is 45.9 Å². The summed E-state index contributed by atoms with van der Waals surface area (Å²) < 4.78 is 18.5. The lowest BCUT2D eigenvalue weighted by molar-refractivity contribution is 0.122. The number of hydrogen-bond acceptors (Lipinski definition) is 10. The molecule has 0 amide bonds. The van der Waals surface area contributed by atoms with E-state index in [0.717, 1.165) is 35.4 Å². The maximum atomic E-state index is 13.1. The number of morpholine rings is 1. The van der Waals surface area contributed by atoms with Crippen molar-refractivity contribution in [2.45, 2.75) is 26.3 Å². The van der Waals surface area contributed by atoms with Crippen LogP contribution in [-0.2, 0) is 11.2 Å². The lowest BCUT2D eigenvalue weighted by atomic mass is 10.3. The van der Waals surface area contributed by atoms with Gasteiger partial charge in [-0.25, -0.2) is 19.3 Å². The fourth-order valence-electron chi connectivity index (χ4n) is 2.88. The van der Waals surface area contributed by atoms with Gasteiger partial charge in [-0.3, -0.25) is 0 Å². The Bertz CT molecular complexity index is 961. The standard InChI is InChI=1S/C18H21FN8OS/c1-11-8-20-15(29-11)7-14-24-17(23-12(2)16-21-9-13(19)10-22-16)26-18(25-14)27-3-5-28-6-4-27/h8-10,12H,3-7H2,1-2H3,(H,23,24,25,26)/t12-/m0/s1. The van der Waals surface area contributed by atoms with Crippen LogP contribution in [0.1, 0.15) is 34.5 Å². The molecule has 0 spiro atoms. The maximum absolute atomic E-state index is 13.1. The van der Waals surface area contributed by atoms with Gasteiger partial charge in [0.25, 0.3) is 0 Å². The number of anilines is 2. The second-order valence-corrected chi connectivity index (χ2v) is 7.96. The van der Waals surface area contributed by atoms with Crippen molar-refractivity contribution in [1.82, 2.24) is 29.9 Å². The fraction of sp³-hybridized carbons (Fsp3) is 0.444. The topological polar surface area (TPSA) is 102 Å². The van der Waals surface area contributed by atoms with E-state index in [2.05, 4.69) is 40.1 Å². The van der Waals surface area contributed by atoms with Gasteiger partial charge < -0.3 is 15.0 Å². The van der Waals surface area contributed by atoms with E-state index in [9.17, 15) is 4.39 Å². The van der Waals surface area contributed by atoms with E-state index in [1.165, 1.54) is 0 Å². The summed E-state index contributed by atoms with van der Waals surface area (Å²) >= 11 is 1.62. The van der Waals surface area contributed by atoms with Crippen molar-refractivity contribution in [2.24, 2.45) is 0 Å². The number of hydrogen-bond donors (Lipinski definition) is 1. The highest BCUT2D eigenvalue weighted by Crippen LogP contribution is 2.20. The summed E-state index contributed by atoms with van der Waals surface area (Å²) in [6.07, 6.45) is 4.65. The first-order chi connectivity index (χ1) is 14.1. The van der Waals surface area contributed by atoms with Crippen LogP contribution in [0.25, 0.3) is 0 Å². The molecule has 1 saturated heterocycles. The van der Waals surface area contributed by atoms with Gasteiger partial charge in [-0.05, 0) is 13.8 Å². The van der Waals surface area contributed by atoms with Crippen molar-refractivity contribution in [3.8, 4) is 0 Å². The van der Waals surface area contributed by atoms with Crippen LogP contribution in [0.15, 0.2) is 18.6 Å². The number of nitrogens with one attached hydrogen (secondary N) is 1. The molecule has 29 heavy (non-hydrogen) atoms. The molecule has 9 nitrogen and oxygen atoms in total. The van der Waals surface area contributed by atoms with Crippen LogP contribution in [0.5, 0.6) is 0 Å². The largest absolute Gasteiger partial charge is 0.378 e. The smallest absolute Gasteiger partial charge is 0.230 e. The molecule has 1 aliphatic rings. The summed E-state index contributed by atoms with van der Waals surface area (Å²) in [6.45, 7) is 6.59. The number of aromatic nitrogens is 6. The van der Waals surface area contributed by atoms with Gasteiger partial charge in [0, 0.05) is 24.2 Å². The van der Waals surface area contributed by atoms with Gasteiger partial charge in [-0.15, -0.1) is 11.3 Å². The normalized spacial score (nSPS) is 15.3. The van der Waals surface area contributed by atoms with Crippen LogP contribution in [0.2, 0.25) is 0 Å². The highest BCUT2D eigenvalue weighted by atomic mass is 32.1. The zero-order valence-corrected chi connectivity index (χ0v) is 17.0. The predicted molar refractivity (Wildman–Crippen MR) is 107 cm³/mol. The minimum absolute atomic E-state index is 0.300. The van der Waals surface area contributed by atoms with E-state index in [0.29, 0.717) is 43.2 Å². The molecule has 3 aromatic rings. The number of ether oxygens (including phenoxy) is 1. The Hall–Kier alpha value is -2.79. The second-order valence-electron chi connectivity index (χ2n) is 6.64. The minimum atomic E-state index is -0.475. The third-order valence-electron chi connectivity index (χ3n) is 4.32. The number of nitrogens with zero attached hydrogens (tertiary/aromatic N) is 7. The third kappa shape index (κ3) is 4.98. The van der Waals surface area contributed by atoms with Crippen LogP contribution >= 0.6 is 11.3 Å². The number of thiazole rings is 1. The summed E-state index contributed by atoms with van der Waals surface area (Å²) in [6, 6.07) is -0.300. The van der Waals surface area contributed by atoms with Crippen LogP contribution in [0.3, 0.4) is 0 Å². The van der Waals surface area contributed by atoms with Gasteiger partial charge in [-0.1, -0.05) is 0 Å². The molecule has 4 heterocycles. The summed E-state index contributed by atoms with van der Waals surface area (Å²) in [7, 11) is 0. The monoisotopic (exact) mass is 416 g/mol. The summed E-state index contributed by atoms with van der Waals surface area (Å²) in [5.74, 6) is 1.63. The SMILES string of the molecule is Cc1cnc(Cc2nc(N[C@@H](C)c3ncc(F)cn3)nc(N3CCOCC3)n2)s1. The molecule has 0 saturated carbocycles. The first kappa shape index (κ1) is 19.5. The van der Waals surface area contributed by atoms with E-state index in [1.54, 1.807) is 11.3 Å². The molecular weight excluding hydrogens is 395 g/mol. The van der Waals surface area contributed by atoms with Gasteiger partial charge in [0.1, 0.15) is 16.7 Å². The quantitative estimate of drug-likeness (QED) is 0.647. The van der Waals surface area contributed by atoms with E-state index in [4.69, 9.17) is 4.74 Å². The van der Waals surface area contributed by atoms with Crippen molar-refractivity contribution in [1.29, 1.82) is 0 Å². The van der Waals surface area contributed by atoms with Crippen LogP contribution in [0, 0.1) is 12.7 Å². The van der Waals surface area contributed by atoms with Crippen LogP contribution < -0.4 is 10.2 Å². The van der Waals surface area contributed by atoms with Gasteiger partial charge in [0.2, 0.25) is 11.9 Å². The first-order valence-electron chi connectivity index (χ1n) is 9.30. The molecule has 0 aromatic carbocycles. The summed E-state index contributed by atoms with van der Waals surface area (Å²) in [4.78, 5) is 29.5. The van der Waals surface area contributed by atoms with Gasteiger partial charge in [0.15, 0.2) is 5.82 Å². The summed E-state index contributed by atoms with van der Waals surface area (Å²) in [5.41, 5.74) is 0. The number of halogens is 1. The average Bonchev–Trinajstić information content (AvgIpc) is 3.13. The number of rotatable bonds is 6. The molecule has 0 radical (unpaired) electrons. The van der Waals surface area contributed by atoms with Gasteiger partial charge in [-0.2, -0.15) is 15.0 Å². The Morgan fingerprint density at radius 1 is 1.14 bits per heavy atom. The Morgan fingerprint density at radius 2 is 1.90 bits per heavy atom. The molecule has 0 aliphatic carbocycles. The molecule has 1 aliphatic heterocycles. The predicted octanol–water partition coefficient (Wildman–Crippen LogP) is 2.17. The van der Waals surface area contributed by atoms with Gasteiger partial charge >= 0.3 is 0 Å². The Morgan fingerprint density at radius 3 is 2.59 bits per heavy atom. The molecule has 0 unspecified atom stereocenters. The van der Waals surface area contributed by atoms with Crippen molar-refractivity contribution >= 4 is 23.2 Å². The molecule has 0 bridgehead atoms. The van der Waals surface area contributed by atoms with E-state index >= 15 is 0 Å². The van der Waals surface area contributed by atoms with E-state index < -0.39 is 5.82 Å². The molecule has 11 heteroatoms. The van der Waals surface area contributed by atoms with Gasteiger partial charge in [0.05, 0.1) is 38.1 Å². The average molecular weight is 416 g/mol. The minimum Gasteiger partial charge on any atom is -0.378 e. The second kappa shape index (κ2) is 8.70. The molecule has 1 N–H and O–H groups in total. The molecule has 1 atom stereocenters. The molecule has 3 aromatic heterocycles. The zero-order chi connectivity index (χ0) is 20.2. The Kier molecular flexibility index (Phi) is 5.86. The van der Waals surface area contributed by atoms with Crippen molar-refractivity contribution in [2.75, 3.05) is 36.5 Å². The zero-order valence-electron chi connectivity index (χ0n) is 16.2. The van der Waals surface area contributed by atoms with Crippen LogP contribution in [-0.4, -0.2) is 56.2 Å². The van der Waals surface area contributed by atoms with E-state index in [1.807, 2.05) is 20.0 Å². The Balaban J connectivity index is 1.60. The maximum Gasteiger partial charge on any atom is 0.230 e. The van der Waals surface area contributed by atoms with E-state index in [-0.39, 0.29) is 6.04 Å². The lowest BCUT2D eigenvalue weighted by Crippen LogP contribution is -2.37. The Labute approximate surface area is 171 Å². The first-order valence-corrected chi connectivity index (χ1v) is 10.1. The lowest BCUT2D eigenvalue weighted by Gasteiger charge is -2.27. The van der Waals surface area contributed by atoms with Crippen molar-refractivity contribution < 1.29 is 9.13 Å². The van der Waals surface area contributed by atoms with Crippen molar-refractivity contribution in [3.63, 3.8) is 0 Å². The molecule has 152 valence electrons. The molecule has 1 fully saturated rings. The number of aryl methyl sites for hydroxylation is 1. The highest BCUT2D eigenvalue weighted by molar-refractivity contribution is 7.11. The summed E-state index contributed by atoms with van der Waals surface area (Å²) in [5, 5.41) is 4.15. The highest BCUT2D eigenvalue weighted by Gasteiger charge is 2.19. The van der Waals surface area contributed by atoms with Crippen LogP contribution in [0.4, 0.5) is 16.3 Å². The molecule has 4 rings (SSSR count).